The van der Waals surface area contributed by atoms with Crippen LogP contribution in [0.3, 0.4) is 0 Å². The number of carboxylic acid groups (broad SMARTS) is 1. The molecule has 1 aliphatic heterocycles. The van der Waals surface area contributed by atoms with Crippen molar-refractivity contribution in [3.63, 3.8) is 0 Å². The van der Waals surface area contributed by atoms with Crippen LogP contribution >= 0.6 is 15.9 Å². The van der Waals surface area contributed by atoms with E-state index in [9.17, 15) is 9.90 Å². The molecule has 0 amide bonds. The molecular formula is C14H17BrO4. The lowest BCUT2D eigenvalue weighted by Gasteiger charge is -2.21. The summed E-state index contributed by atoms with van der Waals surface area (Å²) in [6.07, 6.45) is 1.23. The monoisotopic (exact) mass is 328 g/mol. The van der Waals surface area contributed by atoms with E-state index in [4.69, 9.17) is 9.47 Å². The number of carbonyl (C=O) groups is 1. The van der Waals surface area contributed by atoms with Crippen LogP contribution in [0.15, 0.2) is 16.6 Å². The summed E-state index contributed by atoms with van der Waals surface area (Å²) in [6.45, 7) is 4.62. The predicted octanol–water partition coefficient (Wildman–Crippen LogP) is 3.26. The number of rotatable bonds is 3. The van der Waals surface area contributed by atoms with Crippen molar-refractivity contribution in [2.45, 2.75) is 26.7 Å². The zero-order valence-corrected chi connectivity index (χ0v) is 12.6. The molecule has 0 bridgehead atoms. The zero-order valence-electron chi connectivity index (χ0n) is 11.0. The molecule has 0 radical (unpaired) electrons. The molecule has 1 aromatic rings. The molecular weight excluding hydrogens is 312 g/mol. The van der Waals surface area contributed by atoms with Gasteiger partial charge in [-0.3, -0.25) is 4.79 Å². The Balaban J connectivity index is 2.39. The Morgan fingerprint density at radius 1 is 1.32 bits per heavy atom. The first kappa shape index (κ1) is 14.2. The van der Waals surface area contributed by atoms with E-state index in [1.807, 2.05) is 12.1 Å². The van der Waals surface area contributed by atoms with Gasteiger partial charge in [-0.2, -0.15) is 0 Å². The highest BCUT2D eigenvalue weighted by Crippen LogP contribution is 2.41. The second-order valence-corrected chi connectivity index (χ2v) is 6.14. The molecule has 0 aliphatic carbocycles. The van der Waals surface area contributed by atoms with E-state index in [2.05, 4.69) is 15.9 Å². The quantitative estimate of drug-likeness (QED) is 0.925. The van der Waals surface area contributed by atoms with E-state index < -0.39 is 11.4 Å². The standard InChI is InChI=1S/C14H17BrO4/c1-14(2,13(16)17)8-9-4-5-10(15)12-11(9)18-6-3-7-19-12/h4-5H,3,6-8H2,1-2H3,(H,16,17). The highest BCUT2D eigenvalue weighted by molar-refractivity contribution is 9.10. The first-order valence-electron chi connectivity index (χ1n) is 6.22. The molecule has 0 spiro atoms. The van der Waals surface area contributed by atoms with Gasteiger partial charge in [0.05, 0.1) is 23.1 Å². The van der Waals surface area contributed by atoms with Crippen molar-refractivity contribution in [1.82, 2.24) is 0 Å². The number of carboxylic acids is 1. The van der Waals surface area contributed by atoms with Crippen molar-refractivity contribution in [1.29, 1.82) is 0 Å². The van der Waals surface area contributed by atoms with Crippen molar-refractivity contribution in [2.75, 3.05) is 13.2 Å². The van der Waals surface area contributed by atoms with E-state index in [-0.39, 0.29) is 0 Å². The maximum absolute atomic E-state index is 11.2. The minimum atomic E-state index is -0.836. The smallest absolute Gasteiger partial charge is 0.309 e. The van der Waals surface area contributed by atoms with Gasteiger partial charge in [-0.25, -0.2) is 0 Å². The number of hydrogen-bond acceptors (Lipinski definition) is 3. The Kier molecular flexibility index (Phi) is 4.04. The average molecular weight is 329 g/mol. The fourth-order valence-corrected chi connectivity index (χ4v) is 2.40. The summed E-state index contributed by atoms with van der Waals surface area (Å²) in [7, 11) is 0. The third-order valence-corrected chi connectivity index (χ3v) is 3.76. The molecule has 1 aliphatic rings. The lowest BCUT2D eigenvalue weighted by molar-refractivity contribution is -0.146. The van der Waals surface area contributed by atoms with Gasteiger partial charge in [0, 0.05) is 6.42 Å². The molecule has 0 atom stereocenters. The van der Waals surface area contributed by atoms with Crippen LogP contribution in [0.2, 0.25) is 0 Å². The highest BCUT2D eigenvalue weighted by Gasteiger charge is 2.30. The summed E-state index contributed by atoms with van der Waals surface area (Å²) >= 11 is 3.44. The zero-order chi connectivity index (χ0) is 14.0. The van der Waals surface area contributed by atoms with Crippen LogP contribution in [0.4, 0.5) is 0 Å². The van der Waals surface area contributed by atoms with Gasteiger partial charge >= 0.3 is 5.97 Å². The van der Waals surface area contributed by atoms with Crippen molar-refractivity contribution in [3.8, 4) is 11.5 Å². The van der Waals surface area contributed by atoms with Gasteiger partial charge in [-0.15, -0.1) is 0 Å². The molecule has 0 fully saturated rings. The maximum Gasteiger partial charge on any atom is 0.309 e. The maximum atomic E-state index is 11.2. The van der Waals surface area contributed by atoms with Crippen LogP contribution in [0.5, 0.6) is 11.5 Å². The van der Waals surface area contributed by atoms with Crippen LogP contribution in [0.1, 0.15) is 25.8 Å². The lowest BCUT2D eigenvalue weighted by Crippen LogP contribution is -2.26. The van der Waals surface area contributed by atoms with Gasteiger partial charge in [0.25, 0.3) is 0 Å². The number of halogens is 1. The SMILES string of the molecule is CC(C)(Cc1ccc(Br)c2c1OCCCO2)C(=O)O. The molecule has 2 rings (SSSR count). The minimum Gasteiger partial charge on any atom is -0.489 e. The molecule has 0 saturated carbocycles. The Morgan fingerprint density at radius 2 is 1.95 bits per heavy atom. The molecule has 5 heteroatoms. The molecule has 0 aromatic heterocycles. The number of hydrogen-bond donors (Lipinski definition) is 1. The van der Waals surface area contributed by atoms with Crippen molar-refractivity contribution < 1.29 is 19.4 Å². The van der Waals surface area contributed by atoms with Crippen LogP contribution in [-0.4, -0.2) is 24.3 Å². The van der Waals surface area contributed by atoms with Crippen LogP contribution in [-0.2, 0) is 11.2 Å². The fraction of sp³-hybridized carbons (Fsp3) is 0.500. The summed E-state index contributed by atoms with van der Waals surface area (Å²) in [4.78, 5) is 11.2. The van der Waals surface area contributed by atoms with Gasteiger partial charge in [0.15, 0.2) is 11.5 Å². The topological polar surface area (TPSA) is 55.8 Å². The van der Waals surface area contributed by atoms with Crippen molar-refractivity contribution in [2.24, 2.45) is 5.41 Å². The summed E-state index contributed by atoms with van der Waals surface area (Å²) < 4.78 is 12.2. The molecule has 4 nitrogen and oxygen atoms in total. The van der Waals surface area contributed by atoms with E-state index >= 15 is 0 Å². The average Bonchev–Trinajstić information content (AvgIpc) is 2.58. The van der Waals surface area contributed by atoms with Gasteiger partial charge in [0.2, 0.25) is 0 Å². The summed E-state index contributed by atoms with van der Waals surface area (Å²) in [5.74, 6) is 0.524. The van der Waals surface area contributed by atoms with Crippen molar-refractivity contribution >= 4 is 21.9 Å². The Labute approximate surface area is 120 Å². The Hall–Kier alpha value is -1.23. The summed E-state index contributed by atoms with van der Waals surface area (Å²) in [5, 5.41) is 9.24. The van der Waals surface area contributed by atoms with Crippen LogP contribution in [0.25, 0.3) is 0 Å². The Morgan fingerprint density at radius 3 is 2.58 bits per heavy atom. The fourth-order valence-electron chi connectivity index (χ4n) is 1.97. The normalized spacial score (nSPS) is 14.9. The second kappa shape index (κ2) is 5.41. The van der Waals surface area contributed by atoms with Gasteiger partial charge in [-0.1, -0.05) is 6.07 Å². The second-order valence-electron chi connectivity index (χ2n) is 5.28. The van der Waals surface area contributed by atoms with E-state index in [0.717, 1.165) is 16.5 Å². The third-order valence-electron chi connectivity index (χ3n) is 3.14. The van der Waals surface area contributed by atoms with E-state index in [0.29, 0.717) is 31.1 Å². The number of benzene rings is 1. The van der Waals surface area contributed by atoms with Gasteiger partial charge < -0.3 is 14.6 Å². The molecule has 19 heavy (non-hydrogen) atoms. The minimum absolute atomic E-state index is 0.404. The van der Waals surface area contributed by atoms with E-state index in [1.165, 1.54) is 0 Å². The van der Waals surface area contributed by atoms with Crippen molar-refractivity contribution in [3.05, 3.63) is 22.2 Å². The molecule has 0 unspecified atom stereocenters. The van der Waals surface area contributed by atoms with Gasteiger partial charge in [-0.05, 0) is 47.8 Å². The van der Waals surface area contributed by atoms with Crippen LogP contribution < -0.4 is 9.47 Å². The number of fused-ring (bicyclic) bond motifs is 1. The first-order chi connectivity index (χ1) is 8.92. The highest BCUT2D eigenvalue weighted by atomic mass is 79.9. The molecule has 104 valence electrons. The number of ether oxygens (including phenoxy) is 2. The Bertz CT molecular complexity index is 496. The molecule has 1 N–H and O–H groups in total. The van der Waals surface area contributed by atoms with Gasteiger partial charge in [0.1, 0.15) is 0 Å². The number of aliphatic carboxylic acids is 1. The predicted molar refractivity (Wildman–Crippen MR) is 74.9 cm³/mol. The summed E-state index contributed by atoms with van der Waals surface area (Å²) in [6, 6.07) is 3.77. The third kappa shape index (κ3) is 3.03. The summed E-state index contributed by atoms with van der Waals surface area (Å²) in [5.41, 5.74) is 0.0320. The molecule has 0 saturated heterocycles. The lowest BCUT2D eigenvalue weighted by atomic mass is 9.85. The largest absolute Gasteiger partial charge is 0.489 e. The molecule has 1 aromatic carbocycles. The molecule has 1 heterocycles. The van der Waals surface area contributed by atoms with Crippen LogP contribution in [0, 0.1) is 5.41 Å². The van der Waals surface area contributed by atoms with E-state index in [1.54, 1.807) is 13.8 Å². The first-order valence-corrected chi connectivity index (χ1v) is 7.01.